The Kier molecular flexibility index (Phi) is 3.98. The Bertz CT molecular complexity index is 757. The van der Waals surface area contributed by atoms with Crippen LogP contribution in [-0.2, 0) is 16.6 Å². The van der Waals surface area contributed by atoms with Crippen LogP contribution >= 0.6 is 0 Å². The van der Waals surface area contributed by atoms with Gasteiger partial charge in [0.05, 0.1) is 13.0 Å². The number of fused-ring (bicyclic) bond motifs is 1. The van der Waals surface area contributed by atoms with Crippen molar-refractivity contribution < 1.29 is 19.4 Å². The minimum absolute atomic E-state index is 0.0182. The molecule has 0 aliphatic carbocycles. The van der Waals surface area contributed by atoms with Gasteiger partial charge in [0.15, 0.2) is 0 Å². The van der Waals surface area contributed by atoms with E-state index < -0.39 is 5.97 Å². The van der Waals surface area contributed by atoms with E-state index in [2.05, 4.69) is 4.90 Å². The molecule has 1 aliphatic heterocycles. The van der Waals surface area contributed by atoms with Crippen LogP contribution in [0.1, 0.15) is 23.3 Å². The van der Waals surface area contributed by atoms with Gasteiger partial charge in [-0.25, -0.2) is 4.79 Å². The molecule has 0 radical (unpaired) electrons. The number of carboxylic acids is 1. The number of nitrogens with zero attached hydrogens (tertiary/aromatic N) is 2. The number of hydrogen-bond donors (Lipinski definition) is 1. The Morgan fingerprint density at radius 3 is 2.52 bits per heavy atom. The molecule has 3 rings (SSSR count). The molecule has 23 heavy (non-hydrogen) atoms. The number of ether oxygens (including phenoxy) is 1. The van der Waals surface area contributed by atoms with Crippen molar-refractivity contribution in [1.29, 1.82) is 0 Å². The van der Waals surface area contributed by atoms with Gasteiger partial charge >= 0.3 is 11.9 Å². The number of hydrogen-bond acceptors (Lipinski definition) is 4. The molecule has 6 nitrogen and oxygen atoms in total. The van der Waals surface area contributed by atoms with Gasteiger partial charge in [0, 0.05) is 36.7 Å². The molecule has 0 amide bonds. The number of carboxylic acid groups (broad SMARTS) is 1. The van der Waals surface area contributed by atoms with E-state index in [1.165, 1.54) is 7.11 Å². The maximum absolute atomic E-state index is 11.6. The Labute approximate surface area is 134 Å². The number of methoxy groups -OCH3 is 1. The topological polar surface area (TPSA) is 71.8 Å². The second-order valence-electron chi connectivity index (χ2n) is 5.92. The highest BCUT2D eigenvalue weighted by atomic mass is 16.5. The fourth-order valence-electron chi connectivity index (χ4n) is 3.28. The monoisotopic (exact) mass is 316 g/mol. The van der Waals surface area contributed by atoms with Gasteiger partial charge in [-0.2, -0.15) is 0 Å². The summed E-state index contributed by atoms with van der Waals surface area (Å²) in [5, 5.41) is 10.1. The van der Waals surface area contributed by atoms with Gasteiger partial charge in [-0.15, -0.1) is 0 Å². The Morgan fingerprint density at radius 1 is 1.22 bits per heavy atom. The first kappa shape index (κ1) is 15.4. The summed E-state index contributed by atoms with van der Waals surface area (Å²) < 4.78 is 6.50. The van der Waals surface area contributed by atoms with Crippen molar-refractivity contribution in [2.24, 2.45) is 13.0 Å². The maximum Gasteiger partial charge on any atom is 0.352 e. The molecular weight excluding hydrogens is 296 g/mol. The molecule has 0 atom stereocenters. The quantitative estimate of drug-likeness (QED) is 0.880. The molecule has 1 saturated heterocycles. The van der Waals surface area contributed by atoms with Crippen LogP contribution in [0, 0.1) is 5.92 Å². The van der Waals surface area contributed by atoms with Crippen molar-refractivity contribution in [3.05, 3.63) is 30.0 Å². The molecule has 1 aromatic carbocycles. The molecule has 2 aromatic rings. The number of piperidine rings is 1. The number of carbonyl (C=O) groups excluding carboxylic acids is 1. The van der Waals surface area contributed by atoms with Gasteiger partial charge in [0.2, 0.25) is 0 Å². The van der Waals surface area contributed by atoms with Gasteiger partial charge in [0.25, 0.3) is 0 Å². The molecule has 2 heterocycles. The number of aryl methyl sites for hydroxylation is 1. The number of aromatic carboxylic acids is 1. The molecule has 0 saturated carbocycles. The molecule has 0 spiro atoms. The number of aromatic nitrogens is 1. The summed E-state index contributed by atoms with van der Waals surface area (Å²) in [5.74, 6) is -1.08. The van der Waals surface area contributed by atoms with Crippen LogP contribution in [0.5, 0.6) is 0 Å². The molecule has 0 bridgehead atoms. The minimum Gasteiger partial charge on any atom is -0.477 e. The van der Waals surface area contributed by atoms with Gasteiger partial charge in [0.1, 0.15) is 5.69 Å². The second kappa shape index (κ2) is 5.95. The largest absolute Gasteiger partial charge is 0.477 e. The third-order valence-electron chi connectivity index (χ3n) is 4.64. The molecule has 1 aromatic heterocycles. The van der Waals surface area contributed by atoms with Crippen molar-refractivity contribution in [2.45, 2.75) is 12.8 Å². The van der Waals surface area contributed by atoms with E-state index in [4.69, 9.17) is 4.74 Å². The number of carbonyl (C=O) groups is 2. The SMILES string of the molecule is COC(=O)C1CCN(c2ccc3c(c2)cc(C(=O)O)n3C)CC1. The number of esters is 1. The van der Waals surface area contributed by atoms with Crippen LogP contribution in [0.25, 0.3) is 10.9 Å². The summed E-state index contributed by atoms with van der Waals surface area (Å²) in [6.45, 7) is 1.59. The minimum atomic E-state index is -0.927. The summed E-state index contributed by atoms with van der Waals surface area (Å²) >= 11 is 0. The maximum atomic E-state index is 11.6. The summed E-state index contributed by atoms with van der Waals surface area (Å²) in [6.07, 6.45) is 1.56. The molecule has 1 N–H and O–H groups in total. The van der Waals surface area contributed by atoms with Gasteiger partial charge in [-0.1, -0.05) is 0 Å². The third kappa shape index (κ3) is 2.76. The number of anilines is 1. The molecule has 6 heteroatoms. The van der Waals surface area contributed by atoms with Crippen LogP contribution in [-0.4, -0.2) is 41.8 Å². The first-order valence-corrected chi connectivity index (χ1v) is 7.67. The smallest absolute Gasteiger partial charge is 0.352 e. The standard InChI is InChI=1S/C17H20N2O4/c1-18-14-4-3-13(9-12(14)10-15(18)16(20)21)19-7-5-11(6-8-19)17(22)23-2/h3-4,9-11H,5-8H2,1-2H3,(H,20,21). The molecule has 0 unspecified atom stereocenters. The number of rotatable bonds is 3. The predicted octanol–water partition coefficient (Wildman–Crippen LogP) is 2.27. The van der Waals surface area contributed by atoms with Crippen LogP contribution in [0.2, 0.25) is 0 Å². The molecular formula is C17H20N2O4. The van der Waals surface area contributed by atoms with E-state index in [0.717, 1.165) is 42.5 Å². The lowest BCUT2D eigenvalue weighted by Gasteiger charge is -2.32. The van der Waals surface area contributed by atoms with Crippen LogP contribution in [0.4, 0.5) is 5.69 Å². The lowest BCUT2D eigenvalue weighted by atomic mass is 9.96. The lowest BCUT2D eigenvalue weighted by molar-refractivity contribution is -0.146. The zero-order chi connectivity index (χ0) is 16.6. The van der Waals surface area contributed by atoms with Crippen LogP contribution in [0.3, 0.4) is 0 Å². The van der Waals surface area contributed by atoms with E-state index in [-0.39, 0.29) is 17.6 Å². The normalized spacial score (nSPS) is 15.8. The average Bonchev–Trinajstić information content (AvgIpc) is 2.91. The van der Waals surface area contributed by atoms with Crippen molar-refractivity contribution >= 4 is 28.5 Å². The van der Waals surface area contributed by atoms with Crippen molar-refractivity contribution in [1.82, 2.24) is 4.57 Å². The van der Waals surface area contributed by atoms with E-state index >= 15 is 0 Å². The van der Waals surface area contributed by atoms with Crippen molar-refractivity contribution in [3.8, 4) is 0 Å². The predicted molar refractivity (Wildman–Crippen MR) is 86.8 cm³/mol. The van der Waals surface area contributed by atoms with E-state index in [1.54, 1.807) is 17.7 Å². The third-order valence-corrected chi connectivity index (χ3v) is 4.64. The fraction of sp³-hybridized carbons (Fsp3) is 0.412. The van der Waals surface area contributed by atoms with E-state index in [1.807, 2.05) is 18.2 Å². The van der Waals surface area contributed by atoms with Gasteiger partial charge < -0.3 is 19.3 Å². The first-order chi connectivity index (χ1) is 11.0. The van der Waals surface area contributed by atoms with Crippen LogP contribution < -0.4 is 4.90 Å². The highest BCUT2D eigenvalue weighted by Crippen LogP contribution is 2.28. The van der Waals surface area contributed by atoms with Crippen molar-refractivity contribution in [2.75, 3.05) is 25.1 Å². The van der Waals surface area contributed by atoms with Crippen LogP contribution in [0.15, 0.2) is 24.3 Å². The summed E-state index contributed by atoms with van der Waals surface area (Å²) in [6, 6.07) is 7.67. The lowest BCUT2D eigenvalue weighted by Crippen LogP contribution is -2.36. The highest BCUT2D eigenvalue weighted by Gasteiger charge is 2.26. The molecule has 122 valence electrons. The molecule has 1 fully saturated rings. The van der Waals surface area contributed by atoms with Gasteiger partial charge in [-0.05, 0) is 37.1 Å². The average molecular weight is 316 g/mol. The first-order valence-electron chi connectivity index (χ1n) is 7.67. The fourth-order valence-corrected chi connectivity index (χ4v) is 3.28. The van der Waals surface area contributed by atoms with E-state index in [9.17, 15) is 14.7 Å². The zero-order valence-corrected chi connectivity index (χ0v) is 13.3. The summed E-state index contributed by atoms with van der Waals surface area (Å²) in [4.78, 5) is 25.0. The number of benzene rings is 1. The zero-order valence-electron chi connectivity index (χ0n) is 13.3. The van der Waals surface area contributed by atoms with E-state index in [0.29, 0.717) is 0 Å². The summed E-state index contributed by atoms with van der Waals surface area (Å²) in [7, 11) is 3.19. The Morgan fingerprint density at radius 2 is 1.91 bits per heavy atom. The second-order valence-corrected chi connectivity index (χ2v) is 5.92. The highest BCUT2D eigenvalue weighted by molar-refractivity contribution is 5.95. The Balaban J connectivity index is 1.82. The van der Waals surface area contributed by atoms with Crippen molar-refractivity contribution in [3.63, 3.8) is 0 Å². The van der Waals surface area contributed by atoms with Gasteiger partial charge in [-0.3, -0.25) is 4.79 Å². The Hall–Kier alpha value is -2.50. The molecule has 1 aliphatic rings. The summed E-state index contributed by atoms with van der Waals surface area (Å²) in [5.41, 5.74) is 2.24.